The summed E-state index contributed by atoms with van der Waals surface area (Å²) in [5, 5.41) is 2.85. The van der Waals surface area contributed by atoms with E-state index in [1.807, 2.05) is 41.5 Å². The van der Waals surface area contributed by atoms with Crippen molar-refractivity contribution in [2.45, 2.75) is 72.1 Å². The normalized spacial score (nSPS) is 16.5. The average Bonchev–Trinajstić information content (AvgIpc) is 2.41. The second-order valence-corrected chi connectivity index (χ2v) is 9.30. The Morgan fingerprint density at radius 3 is 2.12 bits per heavy atom. The van der Waals surface area contributed by atoms with Gasteiger partial charge in [-0.1, -0.05) is 20.8 Å². The molecule has 0 rings (SSSR count). The fourth-order valence-corrected chi connectivity index (χ4v) is 3.55. The molecule has 2 atom stereocenters. The smallest absolute Gasteiger partial charge is 0.407 e. The molecule has 0 radical (unpaired) electrons. The maximum absolute atomic E-state index is 11.7. The van der Waals surface area contributed by atoms with E-state index in [4.69, 9.17) is 9.47 Å². The first-order valence-electron chi connectivity index (χ1n) is 8.19. The third-order valence-electron chi connectivity index (χ3n) is 4.11. The first-order valence-corrected chi connectivity index (χ1v) is 10.1. The van der Waals surface area contributed by atoms with Gasteiger partial charge in [0.1, 0.15) is 0 Å². The first-order chi connectivity index (χ1) is 10.7. The minimum Gasteiger partial charge on any atom is -0.453 e. The van der Waals surface area contributed by atoms with E-state index in [-0.39, 0.29) is 12.7 Å². The zero-order chi connectivity index (χ0) is 19.2. The summed E-state index contributed by atoms with van der Waals surface area (Å²) >= 11 is 0. The van der Waals surface area contributed by atoms with Crippen molar-refractivity contribution in [2.24, 2.45) is 5.41 Å². The Balaban J connectivity index is 5.35. The van der Waals surface area contributed by atoms with Gasteiger partial charge in [0.25, 0.3) is 0 Å². The Labute approximate surface area is 146 Å². The minimum atomic E-state index is -3.39. The Bertz CT molecular complexity index is 505. The number of hydrogen-bond acceptors (Lipinski definition) is 5. The molecular weight excluding hydrogens is 332 g/mol. The van der Waals surface area contributed by atoms with Gasteiger partial charge in [-0.05, 0) is 39.0 Å². The maximum atomic E-state index is 11.7. The van der Waals surface area contributed by atoms with E-state index in [0.717, 1.165) is 6.26 Å². The van der Waals surface area contributed by atoms with Gasteiger partial charge >= 0.3 is 6.09 Å². The van der Waals surface area contributed by atoms with Crippen LogP contribution in [-0.2, 0) is 19.5 Å². The van der Waals surface area contributed by atoms with Crippen LogP contribution in [0.5, 0.6) is 0 Å². The molecule has 144 valence electrons. The van der Waals surface area contributed by atoms with Gasteiger partial charge in [0.15, 0.2) is 0 Å². The van der Waals surface area contributed by atoms with Gasteiger partial charge in [-0.3, -0.25) is 0 Å². The molecule has 8 heteroatoms. The fourth-order valence-electron chi connectivity index (χ4n) is 2.65. The lowest BCUT2D eigenvalue weighted by Crippen LogP contribution is -2.54. The standard InChI is InChI=1S/C16H34N2O5S/c1-9-16(6,17-14(19)22-7)11-15(4,5)13(10-23-12(2)3)18-24(8,20)21/h12-13,18H,9-11H2,1-8H3,(H,17,19). The van der Waals surface area contributed by atoms with Crippen LogP contribution >= 0.6 is 0 Å². The topological polar surface area (TPSA) is 93.7 Å². The molecule has 0 aromatic heterocycles. The molecule has 0 aromatic rings. The fraction of sp³-hybridized carbons (Fsp3) is 0.938. The Hall–Kier alpha value is -0.860. The molecule has 0 aliphatic carbocycles. The number of sulfonamides is 1. The van der Waals surface area contributed by atoms with E-state index in [0.29, 0.717) is 12.8 Å². The molecule has 2 N–H and O–H groups in total. The molecule has 0 fully saturated rings. The molecule has 0 saturated carbocycles. The van der Waals surface area contributed by atoms with E-state index < -0.39 is 33.1 Å². The highest BCUT2D eigenvalue weighted by atomic mass is 32.2. The van der Waals surface area contributed by atoms with Crippen LogP contribution in [0.2, 0.25) is 0 Å². The van der Waals surface area contributed by atoms with E-state index in [1.165, 1.54) is 7.11 Å². The van der Waals surface area contributed by atoms with E-state index in [9.17, 15) is 13.2 Å². The van der Waals surface area contributed by atoms with Crippen molar-refractivity contribution in [1.82, 2.24) is 10.0 Å². The lowest BCUT2D eigenvalue weighted by molar-refractivity contribution is 0.0285. The highest BCUT2D eigenvalue weighted by Crippen LogP contribution is 2.34. The molecular formula is C16H34N2O5S. The quantitative estimate of drug-likeness (QED) is 0.618. The van der Waals surface area contributed by atoms with Crippen molar-refractivity contribution in [1.29, 1.82) is 0 Å². The van der Waals surface area contributed by atoms with Crippen molar-refractivity contribution >= 4 is 16.1 Å². The monoisotopic (exact) mass is 366 g/mol. The summed E-state index contributed by atoms with van der Waals surface area (Å²) in [6.07, 6.45) is 1.87. The molecule has 1 amide bonds. The van der Waals surface area contributed by atoms with Crippen molar-refractivity contribution in [3.05, 3.63) is 0 Å². The largest absolute Gasteiger partial charge is 0.453 e. The lowest BCUT2D eigenvalue weighted by Gasteiger charge is -2.42. The number of nitrogens with one attached hydrogen (secondary N) is 2. The summed E-state index contributed by atoms with van der Waals surface area (Å²) < 4.78 is 36.5. The molecule has 7 nitrogen and oxygen atoms in total. The number of amides is 1. The van der Waals surface area contributed by atoms with Gasteiger partial charge in [-0.25, -0.2) is 17.9 Å². The van der Waals surface area contributed by atoms with Crippen molar-refractivity contribution < 1.29 is 22.7 Å². The third-order valence-corrected chi connectivity index (χ3v) is 4.82. The van der Waals surface area contributed by atoms with Gasteiger partial charge in [0.2, 0.25) is 10.0 Å². The number of ether oxygens (including phenoxy) is 2. The molecule has 0 aliphatic rings. The summed E-state index contributed by atoms with van der Waals surface area (Å²) in [6, 6.07) is -0.416. The van der Waals surface area contributed by atoms with Crippen LogP contribution in [0.25, 0.3) is 0 Å². The molecule has 2 unspecified atom stereocenters. The highest BCUT2D eigenvalue weighted by Gasteiger charge is 2.39. The van der Waals surface area contributed by atoms with Crippen LogP contribution < -0.4 is 10.0 Å². The summed E-state index contributed by atoms with van der Waals surface area (Å²) in [4.78, 5) is 11.6. The van der Waals surface area contributed by atoms with E-state index in [1.54, 1.807) is 0 Å². The zero-order valence-corrected chi connectivity index (χ0v) is 17.0. The van der Waals surface area contributed by atoms with Crippen molar-refractivity contribution in [2.75, 3.05) is 20.0 Å². The highest BCUT2D eigenvalue weighted by molar-refractivity contribution is 7.88. The molecule has 0 saturated heterocycles. The number of hydrogen-bond donors (Lipinski definition) is 2. The molecule has 0 heterocycles. The van der Waals surface area contributed by atoms with Gasteiger partial charge in [-0.2, -0.15) is 0 Å². The first kappa shape index (κ1) is 23.1. The number of carbonyl (C=O) groups excluding carboxylic acids is 1. The van der Waals surface area contributed by atoms with Gasteiger partial charge < -0.3 is 14.8 Å². The number of carbonyl (C=O) groups is 1. The average molecular weight is 367 g/mol. The van der Waals surface area contributed by atoms with Crippen LogP contribution in [0, 0.1) is 5.41 Å². The minimum absolute atomic E-state index is 0.00425. The number of methoxy groups -OCH3 is 1. The van der Waals surface area contributed by atoms with Crippen molar-refractivity contribution in [3.8, 4) is 0 Å². The SMILES string of the molecule is CCC(C)(CC(C)(C)C(COC(C)C)NS(C)(=O)=O)NC(=O)OC. The summed E-state index contributed by atoms with van der Waals surface area (Å²) in [5.74, 6) is 0. The van der Waals surface area contributed by atoms with E-state index >= 15 is 0 Å². The summed E-state index contributed by atoms with van der Waals surface area (Å²) in [6.45, 7) is 11.9. The maximum Gasteiger partial charge on any atom is 0.407 e. The van der Waals surface area contributed by atoms with Gasteiger partial charge in [0, 0.05) is 5.54 Å². The Kier molecular flexibility index (Phi) is 8.69. The van der Waals surface area contributed by atoms with Crippen LogP contribution in [0.4, 0.5) is 4.79 Å². The summed E-state index contributed by atoms with van der Waals surface area (Å²) in [7, 11) is -2.07. The molecule has 0 aliphatic heterocycles. The van der Waals surface area contributed by atoms with Gasteiger partial charge in [0.05, 0.1) is 32.1 Å². The Morgan fingerprint density at radius 2 is 1.75 bits per heavy atom. The number of rotatable bonds is 10. The Morgan fingerprint density at radius 1 is 1.21 bits per heavy atom. The predicted molar refractivity (Wildman–Crippen MR) is 95.5 cm³/mol. The van der Waals surface area contributed by atoms with Crippen LogP contribution in [0.15, 0.2) is 0 Å². The van der Waals surface area contributed by atoms with Crippen molar-refractivity contribution in [3.63, 3.8) is 0 Å². The zero-order valence-electron chi connectivity index (χ0n) is 16.2. The van der Waals surface area contributed by atoms with Crippen LogP contribution in [0.1, 0.15) is 54.4 Å². The lowest BCUT2D eigenvalue weighted by atomic mass is 9.73. The second-order valence-electron chi connectivity index (χ2n) is 7.52. The van der Waals surface area contributed by atoms with E-state index in [2.05, 4.69) is 10.0 Å². The van der Waals surface area contributed by atoms with Gasteiger partial charge in [-0.15, -0.1) is 0 Å². The molecule has 0 aromatic carbocycles. The summed E-state index contributed by atoms with van der Waals surface area (Å²) in [5.41, 5.74) is -0.977. The molecule has 0 bridgehead atoms. The predicted octanol–water partition coefficient (Wildman–Crippen LogP) is 2.27. The second kappa shape index (κ2) is 9.01. The molecule has 0 spiro atoms. The molecule has 24 heavy (non-hydrogen) atoms. The van der Waals surface area contributed by atoms with Crippen LogP contribution in [-0.4, -0.2) is 52.2 Å². The number of alkyl carbamates (subject to hydrolysis) is 1. The van der Waals surface area contributed by atoms with Crippen LogP contribution in [0.3, 0.4) is 0 Å². The third kappa shape index (κ3) is 8.84.